The summed E-state index contributed by atoms with van der Waals surface area (Å²) in [5.74, 6) is -0.546. The van der Waals surface area contributed by atoms with Gasteiger partial charge >= 0.3 is 5.97 Å². The van der Waals surface area contributed by atoms with Crippen molar-refractivity contribution in [3.05, 3.63) is 51.7 Å². The molecule has 2 aromatic rings. The summed E-state index contributed by atoms with van der Waals surface area (Å²) in [6, 6.07) is 8.23. The number of hydrogen-bond donors (Lipinski definition) is 0. The van der Waals surface area contributed by atoms with Crippen molar-refractivity contribution in [2.24, 2.45) is 0 Å². The second-order valence-electron chi connectivity index (χ2n) is 4.81. The van der Waals surface area contributed by atoms with E-state index in [9.17, 15) is 13.2 Å². The van der Waals surface area contributed by atoms with E-state index in [0.717, 1.165) is 4.88 Å². The van der Waals surface area contributed by atoms with Crippen molar-refractivity contribution in [1.82, 2.24) is 4.31 Å². The summed E-state index contributed by atoms with van der Waals surface area (Å²) in [5.41, 5.74) is 0.930. The fourth-order valence-electron chi connectivity index (χ4n) is 1.98. The van der Waals surface area contributed by atoms with Crippen LogP contribution in [0.15, 0.2) is 40.6 Å². The third-order valence-corrected chi connectivity index (χ3v) is 5.94. The fraction of sp³-hybridized carbons (Fsp3) is 0.267. The smallest absolute Gasteiger partial charge is 0.338 e. The van der Waals surface area contributed by atoms with Crippen LogP contribution in [0.1, 0.15) is 20.8 Å². The van der Waals surface area contributed by atoms with Gasteiger partial charge in [0.1, 0.15) is 0 Å². The summed E-state index contributed by atoms with van der Waals surface area (Å²) in [4.78, 5) is 12.7. The highest BCUT2D eigenvalue weighted by Gasteiger charge is 2.23. The van der Waals surface area contributed by atoms with Crippen LogP contribution in [0, 0.1) is 6.92 Å². The highest BCUT2D eigenvalue weighted by molar-refractivity contribution is 7.89. The van der Waals surface area contributed by atoms with Gasteiger partial charge in [-0.15, -0.1) is 11.3 Å². The van der Waals surface area contributed by atoms with Crippen molar-refractivity contribution < 1.29 is 17.9 Å². The number of carbonyl (C=O) groups excluding carboxylic acids is 1. The first kappa shape index (κ1) is 16.7. The summed E-state index contributed by atoms with van der Waals surface area (Å²) < 4.78 is 31.2. The largest absolute Gasteiger partial charge is 0.465 e. The summed E-state index contributed by atoms with van der Waals surface area (Å²) in [6.07, 6.45) is 0. The predicted octanol–water partition coefficient (Wildman–Crippen LogP) is 2.66. The van der Waals surface area contributed by atoms with Gasteiger partial charge in [-0.1, -0.05) is 12.1 Å². The molecule has 2 rings (SSSR count). The predicted molar refractivity (Wildman–Crippen MR) is 85.5 cm³/mol. The highest BCUT2D eigenvalue weighted by Crippen LogP contribution is 2.22. The number of aryl methyl sites for hydroxylation is 1. The van der Waals surface area contributed by atoms with Gasteiger partial charge in [0.25, 0.3) is 0 Å². The van der Waals surface area contributed by atoms with Crippen LogP contribution in [0.4, 0.5) is 0 Å². The molecule has 0 radical (unpaired) electrons. The van der Waals surface area contributed by atoms with E-state index >= 15 is 0 Å². The van der Waals surface area contributed by atoms with Crippen LogP contribution in [-0.2, 0) is 21.3 Å². The summed E-state index contributed by atoms with van der Waals surface area (Å²) >= 11 is 1.50. The molecular weight excluding hydrogens is 322 g/mol. The zero-order valence-corrected chi connectivity index (χ0v) is 14.2. The Labute approximate surface area is 134 Å². The van der Waals surface area contributed by atoms with Gasteiger partial charge in [-0.2, -0.15) is 4.31 Å². The zero-order valence-electron chi connectivity index (χ0n) is 12.6. The van der Waals surface area contributed by atoms with Crippen LogP contribution in [0.5, 0.6) is 0 Å². The summed E-state index contributed by atoms with van der Waals surface area (Å²) in [6.45, 7) is 2.03. The SMILES string of the molecule is COC(=O)c1cc(S(=O)(=O)N(C)Cc2cccs2)ccc1C. The lowest BCUT2D eigenvalue weighted by molar-refractivity contribution is 0.0599. The van der Waals surface area contributed by atoms with Crippen molar-refractivity contribution in [2.75, 3.05) is 14.2 Å². The Hall–Kier alpha value is -1.70. The first-order chi connectivity index (χ1) is 10.4. The van der Waals surface area contributed by atoms with Crippen molar-refractivity contribution in [2.45, 2.75) is 18.4 Å². The molecule has 0 aliphatic carbocycles. The molecule has 0 bridgehead atoms. The Bertz CT molecular complexity index is 767. The molecule has 1 aromatic carbocycles. The van der Waals surface area contributed by atoms with Gasteiger partial charge < -0.3 is 4.74 Å². The lowest BCUT2D eigenvalue weighted by atomic mass is 10.1. The second kappa shape index (κ2) is 6.60. The topological polar surface area (TPSA) is 63.7 Å². The molecule has 7 heteroatoms. The van der Waals surface area contributed by atoms with Gasteiger partial charge in [0.05, 0.1) is 17.6 Å². The second-order valence-corrected chi connectivity index (χ2v) is 7.89. The van der Waals surface area contributed by atoms with Gasteiger partial charge in [0.15, 0.2) is 0 Å². The molecular formula is C15H17NO4S2. The summed E-state index contributed by atoms with van der Waals surface area (Å²) in [5, 5.41) is 1.90. The van der Waals surface area contributed by atoms with Crippen LogP contribution in [-0.4, -0.2) is 32.8 Å². The number of methoxy groups -OCH3 is 1. The number of rotatable bonds is 5. The number of nitrogens with zero attached hydrogens (tertiary/aromatic N) is 1. The maximum atomic E-state index is 12.6. The number of sulfonamides is 1. The van der Waals surface area contributed by atoms with E-state index in [4.69, 9.17) is 0 Å². The van der Waals surface area contributed by atoms with Crippen molar-refractivity contribution in [3.8, 4) is 0 Å². The van der Waals surface area contributed by atoms with Crippen LogP contribution >= 0.6 is 11.3 Å². The quantitative estimate of drug-likeness (QED) is 0.786. The molecule has 0 spiro atoms. The number of hydrogen-bond acceptors (Lipinski definition) is 5. The average Bonchev–Trinajstić information content (AvgIpc) is 2.99. The van der Waals surface area contributed by atoms with Gasteiger partial charge in [0, 0.05) is 18.5 Å². The van der Waals surface area contributed by atoms with E-state index in [1.165, 1.54) is 41.9 Å². The highest BCUT2D eigenvalue weighted by atomic mass is 32.2. The van der Waals surface area contributed by atoms with Crippen molar-refractivity contribution in [3.63, 3.8) is 0 Å². The zero-order chi connectivity index (χ0) is 16.3. The molecule has 0 N–H and O–H groups in total. The molecule has 0 atom stereocenters. The number of carbonyl (C=O) groups is 1. The van der Waals surface area contributed by atoms with Gasteiger partial charge in [-0.05, 0) is 36.1 Å². The Morgan fingerprint density at radius 3 is 2.64 bits per heavy atom. The molecule has 0 saturated carbocycles. The minimum absolute atomic E-state index is 0.0811. The minimum atomic E-state index is -3.66. The minimum Gasteiger partial charge on any atom is -0.465 e. The monoisotopic (exact) mass is 339 g/mol. The molecule has 0 saturated heterocycles. The molecule has 0 fully saturated rings. The van der Waals surface area contributed by atoms with Crippen LogP contribution < -0.4 is 0 Å². The first-order valence-corrected chi connectivity index (χ1v) is 8.86. The van der Waals surface area contributed by atoms with E-state index in [1.54, 1.807) is 13.0 Å². The van der Waals surface area contributed by atoms with E-state index in [1.807, 2.05) is 17.5 Å². The van der Waals surface area contributed by atoms with E-state index in [-0.39, 0.29) is 10.5 Å². The van der Waals surface area contributed by atoms with Crippen LogP contribution in [0.2, 0.25) is 0 Å². The molecule has 0 amide bonds. The van der Waals surface area contributed by atoms with E-state index < -0.39 is 16.0 Å². The van der Waals surface area contributed by atoms with E-state index in [2.05, 4.69) is 4.74 Å². The molecule has 118 valence electrons. The number of esters is 1. The third-order valence-electron chi connectivity index (χ3n) is 3.28. The Kier molecular flexibility index (Phi) is 5.00. The lowest BCUT2D eigenvalue weighted by Gasteiger charge is -2.17. The molecule has 1 aromatic heterocycles. The Morgan fingerprint density at radius 2 is 2.05 bits per heavy atom. The third kappa shape index (κ3) is 3.37. The molecule has 0 unspecified atom stereocenters. The van der Waals surface area contributed by atoms with Crippen molar-refractivity contribution in [1.29, 1.82) is 0 Å². The molecule has 5 nitrogen and oxygen atoms in total. The van der Waals surface area contributed by atoms with Gasteiger partial charge in [0.2, 0.25) is 10.0 Å². The Balaban J connectivity index is 2.35. The maximum Gasteiger partial charge on any atom is 0.338 e. The molecule has 0 aliphatic rings. The molecule has 22 heavy (non-hydrogen) atoms. The fourth-order valence-corrected chi connectivity index (χ4v) is 3.99. The number of thiophene rings is 1. The normalized spacial score (nSPS) is 11.6. The Morgan fingerprint density at radius 1 is 1.32 bits per heavy atom. The van der Waals surface area contributed by atoms with Gasteiger partial charge in [-0.3, -0.25) is 0 Å². The number of benzene rings is 1. The van der Waals surface area contributed by atoms with E-state index in [0.29, 0.717) is 12.1 Å². The maximum absolute atomic E-state index is 12.6. The van der Waals surface area contributed by atoms with Crippen LogP contribution in [0.25, 0.3) is 0 Å². The lowest BCUT2D eigenvalue weighted by Crippen LogP contribution is -2.26. The van der Waals surface area contributed by atoms with Crippen LogP contribution in [0.3, 0.4) is 0 Å². The van der Waals surface area contributed by atoms with Gasteiger partial charge in [-0.25, -0.2) is 13.2 Å². The number of ether oxygens (including phenoxy) is 1. The van der Waals surface area contributed by atoms with Crippen molar-refractivity contribution >= 4 is 27.3 Å². The summed E-state index contributed by atoms with van der Waals surface area (Å²) in [7, 11) is -0.874. The molecule has 1 heterocycles. The average molecular weight is 339 g/mol. The first-order valence-electron chi connectivity index (χ1n) is 6.54. The standard InChI is InChI=1S/C15H17NO4S2/c1-11-6-7-13(9-14(11)15(17)20-3)22(18,19)16(2)10-12-5-4-8-21-12/h4-9H,10H2,1-3H3. The molecule has 0 aliphatic heterocycles.